The lowest BCUT2D eigenvalue weighted by Gasteiger charge is -2.23. The van der Waals surface area contributed by atoms with Gasteiger partial charge in [0.15, 0.2) is 0 Å². The Kier molecular flexibility index (Phi) is 4.19. The Balaban J connectivity index is 2.85. The lowest BCUT2D eigenvalue weighted by atomic mass is 10.3. The van der Waals surface area contributed by atoms with E-state index < -0.39 is 15.2 Å². The highest BCUT2D eigenvalue weighted by Crippen LogP contribution is 2.14. The van der Waals surface area contributed by atoms with Crippen LogP contribution in [0.3, 0.4) is 0 Å². The number of hydrogen-bond donors (Lipinski definition) is 0. The van der Waals surface area contributed by atoms with Crippen molar-refractivity contribution in [1.82, 2.24) is 4.31 Å². The van der Waals surface area contributed by atoms with Gasteiger partial charge in [-0.15, -0.1) is 11.6 Å². The van der Waals surface area contributed by atoms with E-state index in [0.29, 0.717) is 5.76 Å². The van der Waals surface area contributed by atoms with E-state index in [1.807, 2.05) is 0 Å². The molecule has 86 valence electrons. The molecule has 0 aliphatic carbocycles. The smallest absolute Gasteiger partial charge is 0.228 e. The predicted octanol–water partition coefficient (Wildman–Crippen LogP) is 2.02. The largest absolute Gasteiger partial charge is 0.468 e. The van der Waals surface area contributed by atoms with Crippen LogP contribution in [0, 0.1) is 0 Å². The molecule has 0 fully saturated rings. The van der Waals surface area contributed by atoms with Crippen molar-refractivity contribution < 1.29 is 12.8 Å². The van der Waals surface area contributed by atoms with Crippen LogP contribution in [0.1, 0.15) is 19.6 Å². The van der Waals surface area contributed by atoms with Crippen molar-refractivity contribution in [3.63, 3.8) is 0 Å². The van der Waals surface area contributed by atoms with Crippen molar-refractivity contribution >= 4 is 21.6 Å². The summed E-state index contributed by atoms with van der Waals surface area (Å²) in [5.41, 5.74) is 0. The topological polar surface area (TPSA) is 50.5 Å². The molecule has 4 nitrogen and oxygen atoms in total. The molecule has 0 radical (unpaired) electrons. The average molecular weight is 252 g/mol. The normalized spacial score (nSPS) is 12.6. The van der Waals surface area contributed by atoms with Crippen LogP contribution in [0.5, 0.6) is 0 Å². The van der Waals surface area contributed by atoms with E-state index >= 15 is 0 Å². The Bertz CT molecular complexity index is 385. The van der Waals surface area contributed by atoms with Crippen molar-refractivity contribution in [2.75, 3.05) is 5.21 Å². The second-order valence-electron chi connectivity index (χ2n) is 3.44. The zero-order chi connectivity index (χ0) is 11.5. The Morgan fingerprint density at radius 3 is 2.60 bits per heavy atom. The molecule has 0 atom stereocenters. The van der Waals surface area contributed by atoms with Crippen LogP contribution in [-0.4, -0.2) is 24.0 Å². The molecule has 0 saturated carbocycles. The van der Waals surface area contributed by atoms with Crippen molar-refractivity contribution in [2.24, 2.45) is 0 Å². The maximum Gasteiger partial charge on any atom is 0.228 e. The fraction of sp³-hybridized carbons (Fsp3) is 0.556. The molecule has 0 spiro atoms. The lowest BCUT2D eigenvalue weighted by molar-refractivity contribution is 0.319. The molecule has 0 amide bonds. The van der Waals surface area contributed by atoms with Crippen LogP contribution in [0.15, 0.2) is 22.8 Å². The molecular weight excluding hydrogens is 238 g/mol. The number of rotatable bonds is 5. The second-order valence-corrected chi connectivity index (χ2v) is 5.95. The van der Waals surface area contributed by atoms with Gasteiger partial charge in [-0.1, -0.05) is 0 Å². The first-order valence-electron chi connectivity index (χ1n) is 4.55. The summed E-state index contributed by atoms with van der Waals surface area (Å²) in [7, 11) is -3.40. The Morgan fingerprint density at radius 2 is 2.20 bits per heavy atom. The van der Waals surface area contributed by atoms with Crippen molar-refractivity contribution in [1.29, 1.82) is 0 Å². The number of furan rings is 1. The Labute approximate surface area is 94.9 Å². The van der Waals surface area contributed by atoms with E-state index in [9.17, 15) is 8.42 Å². The van der Waals surface area contributed by atoms with Gasteiger partial charge < -0.3 is 4.42 Å². The quantitative estimate of drug-likeness (QED) is 0.753. The summed E-state index contributed by atoms with van der Waals surface area (Å²) in [6.07, 6.45) is 1.52. The highest BCUT2D eigenvalue weighted by atomic mass is 35.5. The first-order valence-corrected chi connectivity index (χ1v) is 6.69. The van der Waals surface area contributed by atoms with Crippen LogP contribution in [0.25, 0.3) is 0 Å². The van der Waals surface area contributed by atoms with Gasteiger partial charge in [0.25, 0.3) is 0 Å². The van der Waals surface area contributed by atoms with Gasteiger partial charge in [-0.2, -0.15) is 4.31 Å². The van der Waals surface area contributed by atoms with Crippen molar-refractivity contribution in [2.45, 2.75) is 26.4 Å². The van der Waals surface area contributed by atoms with E-state index in [1.165, 1.54) is 10.6 Å². The number of alkyl halides is 1. The number of sulfonamides is 1. The van der Waals surface area contributed by atoms with Gasteiger partial charge >= 0.3 is 0 Å². The fourth-order valence-corrected chi connectivity index (χ4v) is 2.69. The summed E-state index contributed by atoms with van der Waals surface area (Å²) >= 11 is 5.41. The van der Waals surface area contributed by atoms with Gasteiger partial charge in [0.1, 0.15) is 11.0 Å². The molecule has 15 heavy (non-hydrogen) atoms. The van der Waals surface area contributed by atoms with Gasteiger partial charge in [0.05, 0.1) is 12.8 Å². The fourth-order valence-electron chi connectivity index (χ4n) is 1.22. The first kappa shape index (κ1) is 12.5. The summed E-state index contributed by atoms with van der Waals surface area (Å²) in [4.78, 5) is 0. The standard InChI is InChI=1S/C9H14ClNO3S/c1-8(2)11(15(12,13)7-10)6-9-4-3-5-14-9/h3-5,8H,6-7H2,1-2H3. The van der Waals surface area contributed by atoms with E-state index in [4.69, 9.17) is 16.0 Å². The van der Waals surface area contributed by atoms with Gasteiger partial charge in [0.2, 0.25) is 10.0 Å². The van der Waals surface area contributed by atoms with E-state index in [-0.39, 0.29) is 12.6 Å². The molecule has 0 aromatic carbocycles. The van der Waals surface area contributed by atoms with Gasteiger partial charge in [0, 0.05) is 6.04 Å². The summed E-state index contributed by atoms with van der Waals surface area (Å²) in [5.74, 6) is 0.609. The molecule has 1 aromatic heterocycles. The predicted molar refractivity (Wildman–Crippen MR) is 59.0 cm³/mol. The molecule has 0 bridgehead atoms. The van der Waals surface area contributed by atoms with E-state index in [0.717, 1.165) is 0 Å². The van der Waals surface area contributed by atoms with Gasteiger partial charge in [-0.3, -0.25) is 0 Å². The molecule has 1 aromatic rings. The van der Waals surface area contributed by atoms with Gasteiger partial charge in [-0.25, -0.2) is 8.42 Å². The average Bonchev–Trinajstić information content (AvgIpc) is 2.65. The van der Waals surface area contributed by atoms with Crippen LogP contribution in [-0.2, 0) is 16.6 Å². The molecule has 0 aliphatic heterocycles. The Hall–Kier alpha value is -0.520. The molecule has 0 aliphatic rings. The molecule has 0 N–H and O–H groups in total. The highest BCUT2D eigenvalue weighted by Gasteiger charge is 2.24. The maximum absolute atomic E-state index is 11.6. The summed E-state index contributed by atoms with van der Waals surface area (Å²) in [5, 5.41) is -0.411. The third kappa shape index (κ3) is 3.22. The van der Waals surface area contributed by atoms with Crippen LogP contribution in [0.4, 0.5) is 0 Å². The number of nitrogens with zero attached hydrogens (tertiary/aromatic N) is 1. The molecule has 1 rings (SSSR count). The summed E-state index contributed by atoms with van der Waals surface area (Å²) < 4.78 is 29.7. The zero-order valence-corrected chi connectivity index (χ0v) is 10.3. The third-order valence-corrected chi connectivity index (χ3v) is 4.33. The van der Waals surface area contributed by atoms with Crippen LogP contribution < -0.4 is 0 Å². The SMILES string of the molecule is CC(C)N(Cc1ccco1)S(=O)(=O)CCl. The molecule has 1 heterocycles. The van der Waals surface area contributed by atoms with Crippen molar-refractivity contribution in [3.05, 3.63) is 24.2 Å². The molecule has 6 heteroatoms. The van der Waals surface area contributed by atoms with E-state index in [1.54, 1.807) is 26.0 Å². The minimum Gasteiger partial charge on any atom is -0.468 e. The van der Waals surface area contributed by atoms with E-state index in [2.05, 4.69) is 0 Å². The molecule has 0 unspecified atom stereocenters. The summed E-state index contributed by atoms with van der Waals surface area (Å²) in [6.45, 7) is 3.82. The zero-order valence-electron chi connectivity index (χ0n) is 8.68. The summed E-state index contributed by atoms with van der Waals surface area (Å²) in [6, 6.07) is 3.32. The minimum atomic E-state index is -3.40. The maximum atomic E-state index is 11.6. The monoisotopic (exact) mass is 251 g/mol. The second kappa shape index (κ2) is 5.01. The number of hydrogen-bond acceptors (Lipinski definition) is 3. The first-order chi connectivity index (χ1) is 6.97. The lowest BCUT2D eigenvalue weighted by Crippen LogP contribution is -2.36. The number of halogens is 1. The Morgan fingerprint density at radius 1 is 1.53 bits per heavy atom. The van der Waals surface area contributed by atoms with Crippen molar-refractivity contribution in [3.8, 4) is 0 Å². The molecule has 0 saturated heterocycles. The van der Waals surface area contributed by atoms with Crippen LogP contribution >= 0.6 is 11.6 Å². The van der Waals surface area contributed by atoms with Crippen LogP contribution in [0.2, 0.25) is 0 Å². The minimum absolute atomic E-state index is 0.140. The van der Waals surface area contributed by atoms with Gasteiger partial charge in [-0.05, 0) is 26.0 Å². The highest BCUT2D eigenvalue weighted by molar-refractivity contribution is 7.90. The molecular formula is C9H14ClNO3S. The third-order valence-electron chi connectivity index (χ3n) is 1.96.